The molecule has 1 aliphatic rings. The molecule has 46 valence electrons. The van der Waals surface area contributed by atoms with Crippen molar-refractivity contribution in [2.75, 3.05) is 12.3 Å². The number of nitrogens with zero attached hydrogens (tertiary/aromatic N) is 1. The van der Waals surface area contributed by atoms with Gasteiger partial charge in [0, 0.05) is 12.3 Å². The van der Waals surface area contributed by atoms with E-state index in [4.69, 9.17) is 5.41 Å². The van der Waals surface area contributed by atoms with Crippen LogP contribution in [0.15, 0.2) is 0 Å². The van der Waals surface area contributed by atoms with Gasteiger partial charge >= 0.3 is 0 Å². The first-order valence-electron chi connectivity index (χ1n) is 2.48. The molecule has 0 aliphatic carbocycles. The number of thiol groups is 1. The van der Waals surface area contributed by atoms with Crippen molar-refractivity contribution >= 4 is 29.7 Å². The van der Waals surface area contributed by atoms with Crippen LogP contribution in [0.5, 0.6) is 0 Å². The van der Waals surface area contributed by atoms with Crippen molar-refractivity contribution in [3.05, 3.63) is 0 Å². The van der Waals surface area contributed by atoms with Crippen LogP contribution >= 0.6 is 24.6 Å². The number of thioether (sulfide) groups is 1. The molecule has 0 radical (unpaired) electrons. The summed E-state index contributed by atoms with van der Waals surface area (Å²) in [6, 6.07) is 0. The summed E-state index contributed by atoms with van der Waals surface area (Å²) < 4.78 is 1.67. The molecule has 0 atom stereocenters. The van der Waals surface area contributed by atoms with Crippen LogP contribution in [0.25, 0.3) is 0 Å². The first-order chi connectivity index (χ1) is 3.80. The van der Waals surface area contributed by atoms with Crippen molar-refractivity contribution in [2.24, 2.45) is 0 Å². The zero-order valence-electron chi connectivity index (χ0n) is 4.42. The maximum Gasteiger partial charge on any atom is 0.166 e. The predicted octanol–water partition coefficient (Wildman–Crippen LogP) is 1.20. The molecule has 0 aromatic heterocycles. The minimum Gasteiger partial charge on any atom is -0.298 e. The van der Waals surface area contributed by atoms with E-state index < -0.39 is 0 Å². The fourth-order valence-electron chi connectivity index (χ4n) is 0.559. The van der Waals surface area contributed by atoms with Gasteiger partial charge in [-0.3, -0.25) is 9.71 Å². The summed E-state index contributed by atoms with van der Waals surface area (Å²) >= 11 is 5.60. The first kappa shape index (κ1) is 6.29. The van der Waals surface area contributed by atoms with Crippen LogP contribution < -0.4 is 0 Å². The van der Waals surface area contributed by atoms with Crippen molar-refractivity contribution in [3.8, 4) is 0 Å². The monoisotopic (exact) mass is 148 g/mol. The molecule has 2 nitrogen and oxygen atoms in total. The Balaban J connectivity index is 2.39. The summed E-state index contributed by atoms with van der Waals surface area (Å²) in [6.45, 7) is 0.926. The largest absolute Gasteiger partial charge is 0.298 e. The van der Waals surface area contributed by atoms with Crippen molar-refractivity contribution < 1.29 is 0 Å². The Morgan fingerprint density at radius 3 is 2.88 bits per heavy atom. The maximum atomic E-state index is 7.21. The van der Waals surface area contributed by atoms with Crippen LogP contribution in [0.1, 0.15) is 6.42 Å². The zero-order valence-corrected chi connectivity index (χ0v) is 6.13. The highest BCUT2D eigenvalue weighted by atomic mass is 32.2. The molecule has 1 heterocycles. The molecule has 0 bridgehead atoms. The molecule has 0 aromatic rings. The highest BCUT2D eigenvalue weighted by Crippen LogP contribution is 2.16. The van der Waals surface area contributed by atoms with Crippen LogP contribution in [-0.4, -0.2) is 21.8 Å². The third-order valence-electron chi connectivity index (χ3n) is 0.987. The second-order valence-electron chi connectivity index (χ2n) is 1.63. The molecule has 0 unspecified atom stereocenters. The Morgan fingerprint density at radius 1 is 1.75 bits per heavy atom. The smallest absolute Gasteiger partial charge is 0.166 e. The molecular formula is C4H8N2S2. The Hall–Kier alpha value is 0.170. The first-order valence-corrected chi connectivity index (χ1v) is 3.87. The van der Waals surface area contributed by atoms with Gasteiger partial charge in [-0.2, -0.15) is 0 Å². The van der Waals surface area contributed by atoms with Gasteiger partial charge in [0.1, 0.15) is 0 Å². The zero-order chi connectivity index (χ0) is 5.98. The normalized spacial score (nSPS) is 21.6. The van der Waals surface area contributed by atoms with E-state index in [1.165, 1.54) is 0 Å². The van der Waals surface area contributed by atoms with Crippen LogP contribution in [-0.2, 0) is 0 Å². The molecule has 1 fully saturated rings. The second-order valence-corrected chi connectivity index (χ2v) is 3.20. The SMILES string of the molecule is N=C1SCCCN1S. The van der Waals surface area contributed by atoms with E-state index in [9.17, 15) is 0 Å². The average molecular weight is 148 g/mol. The molecular weight excluding hydrogens is 140 g/mol. The summed E-state index contributed by atoms with van der Waals surface area (Å²) in [5.41, 5.74) is 0. The van der Waals surface area contributed by atoms with Crippen LogP contribution in [0.3, 0.4) is 0 Å². The van der Waals surface area contributed by atoms with E-state index >= 15 is 0 Å². The van der Waals surface area contributed by atoms with Gasteiger partial charge in [0.15, 0.2) is 5.17 Å². The summed E-state index contributed by atoms with van der Waals surface area (Å²) in [5.74, 6) is 1.08. The summed E-state index contributed by atoms with van der Waals surface area (Å²) in [4.78, 5) is 0. The standard InChI is InChI=1S/C4H8N2S2/c5-4-6(7)2-1-3-8-4/h5,7H,1-3H2. The van der Waals surface area contributed by atoms with Crippen molar-refractivity contribution in [1.82, 2.24) is 4.31 Å². The lowest BCUT2D eigenvalue weighted by atomic mass is 10.5. The average Bonchev–Trinajstić information content (AvgIpc) is 1.77. The summed E-state index contributed by atoms with van der Waals surface area (Å²) in [6.07, 6.45) is 1.15. The van der Waals surface area contributed by atoms with Crippen molar-refractivity contribution in [1.29, 1.82) is 5.41 Å². The highest BCUT2D eigenvalue weighted by Gasteiger charge is 2.10. The van der Waals surface area contributed by atoms with Gasteiger partial charge in [-0.15, -0.1) is 0 Å². The van der Waals surface area contributed by atoms with Gasteiger partial charge in [0.2, 0.25) is 0 Å². The molecule has 1 aliphatic heterocycles. The molecule has 1 rings (SSSR count). The quantitative estimate of drug-likeness (QED) is 0.505. The molecule has 1 saturated heterocycles. The van der Waals surface area contributed by atoms with E-state index in [0.29, 0.717) is 5.17 Å². The highest BCUT2D eigenvalue weighted by molar-refractivity contribution is 8.14. The minimum absolute atomic E-state index is 0.583. The lowest BCUT2D eigenvalue weighted by Crippen LogP contribution is -2.24. The van der Waals surface area contributed by atoms with Crippen molar-refractivity contribution in [2.45, 2.75) is 6.42 Å². The maximum absolute atomic E-state index is 7.21. The molecule has 0 aromatic carbocycles. The molecule has 0 amide bonds. The van der Waals surface area contributed by atoms with E-state index in [1.807, 2.05) is 0 Å². The Morgan fingerprint density at radius 2 is 2.50 bits per heavy atom. The van der Waals surface area contributed by atoms with E-state index in [-0.39, 0.29) is 0 Å². The Kier molecular flexibility index (Phi) is 2.08. The van der Waals surface area contributed by atoms with Crippen LogP contribution in [0.4, 0.5) is 0 Å². The lowest BCUT2D eigenvalue weighted by molar-refractivity contribution is 0.660. The van der Waals surface area contributed by atoms with E-state index in [2.05, 4.69) is 12.8 Å². The van der Waals surface area contributed by atoms with Gasteiger partial charge in [-0.1, -0.05) is 24.6 Å². The number of rotatable bonds is 0. The second kappa shape index (κ2) is 2.64. The fourth-order valence-corrected chi connectivity index (χ4v) is 1.58. The molecule has 4 heteroatoms. The van der Waals surface area contributed by atoms with Gasteiger partial charge < -0.3 is 0 Å². The fraction of sp³-hybridized carbons (Fsp3) is 0.750. The molecule has 1 N–H and O–H groups in total. The van der Waals surface area contributed by atoms with Gasteiger partial charge in [0.05, 0.1) is 0 Å². The predicted molar refractivity (Wildman–Crippen MR) is 40.5 cm³/mol. The number of amidine groups is 1. The summed E-state index contributed by atoms with van der Waals surface area (Å²) in [7, 11) is 0. The Labute approximate surface area is 58.7 Å². The molecule has 0 saturated carbocycles. The third-order valence-corrected chi connectivity index (χ3v) is 2.51. The minimum atomic E-state index is 0.583. The van der Waals surface area contributed by atoms with Crippen LogP contribution in [0.2, 0.25) is 0 Å². The van der Waals surface area contributed by atoms with Gasteiger partial charge in [-0.25, -0.2) is 0 Å². The molecule has 8 heavy (non-hydrogen) atoms. The third kappa shape index (κ3) is 1.32. The number of nitrogens with one attached hydrogen (secondary N) is 1. The van der Waals surface area contributed by atoms with Crippen LogP contribution in [0, 0.1) is 5.41 Å². The van der Waals surface area contributed by atoms with Gasteiger partial charge in [0.25, 0.3) is 0 Å². The van der Waals surface area contributed by atoms with E-state index in [1.54, 1.807) is 16.1 Å². The Bertz CT molecular complexity index is 104. The van der Waals surface area contributed by atoms with Gasteiger partial charge in [-0.05, 0) is 6.42 Å². The molecule has 0 spiro atoms. The number of hydrogen-bond donors (Lipinski definition) is 2. The lowest BCUT2D eigenvalue weighted by Gasteiger charge is -2.21. The number of hydrogen-bond acceptors (Lipinski definition) is 3. The summed E-state index contributed by atoms with van der Waals surface area (Å²) in [5, 5.41) is 7.79. The van der Waals surface area contributed by atoms with E-state index in [0.717, 1.165) is 18.7 Å². The topological polar surface area (TPSA) is 27.1 Å². The van der Waals surface area contributed by atoms with Crippen molar-refractivity contribution in [3.63, 3.8) is 0 Å².